The normalized spacial score (nSPS) is 11.1. The summed E-state index contributed by atoms with van der Waals surface area (Å²) in [5.41, 5.74) is 2.09. The first-order chi connectivity index (χ1) is 10.4. The van der Waals surface area contributed by atoms with Crippen LogP contribution in [0.25, 0.3) is 0 Å². The van der Waals surface area contributed by atoms with E-state index in [1.807, 2.05) is 12.1 Å². The zero-order valence-corrected chi connectivity index (χ0v) is 15.3. The summed E-state index contributed by atoms with van der Waals surface area (Å²) < 4.78 is 22.3. The van der Waals surface area contributed by atoms with Gasteiger partial charge < -0.3 is 5.32 Å². The van der Waals surface area contributed by atoms with Crippen molar-refractivity contribution in [2.75, 3.05) is 6.54 Å². The van der Waals surface area contributed by atoms with Gasteiger partial charge in [0, 0.05) is 6.54 Å². The van der Waals surface area contributed by atoms with Gasteiger partial charge in [-0.3, -0.25) is 0 Å². The molecule has 0 aromatic heterocycles. The van der Waals surface area contributed by atoms with Crippen molar-refractivity contribution in [2.24, 2.45) is 5.14 Å². The Bertz CT molecular complexity index is 750. The topological polar surface area (TPSA) is 72.2 Å². The molecule has 2 aromatic carbocycles. The molecule has 0 atom stereocenters. The van der Waals surface area contributed by atoms with E-state index in [-0.39, 0.29) is 17.3 Å². The number of halogens is 3. The number of benzene rings is 2. The highest BCUT2D eigenvalue weighted by Crippen LogP contribution is 2.22. The number of sulfonamides is 1. The zero-order valence-electron chi connectivity index (χ0n) is 12.1. The van der Waals surface area contributed by atoms with E-state index in [4.69, 9.17) is 28.3 Å². The Hall–Kier alpha value is -0.820. The fourth-order valence-electron chi connectivity index (χ4n) is 1.96. The van der Waals surface area contributed by atoms with Crippen LogP contribution in [0.2, 0.25) is 10.0 Å². The van der Waals surface area contributed by atoms with E-state index in [1.165, 1.54) is 12.1 Å². The summed E-state index contributed by atoms with van der Waals surface area (Å²) in [6, 6.07) is 12.1. The van der Waals surface area contributed by atoms with Gasteiger partial charge in [-0.15, -0.1) is 12.4 Å². The highest BCUT2D eigenvalue weighted by molar-refractivity contribution is 7.89. The van der Waals surface area contributed by atoms with Crippen LogP contribution in [-0.4, -0.2) is 15.0 Å². The molecule has 0 saturated carbocycles. The standard InChI is InChI=1S/C15H16Cl2N2O2S.ClH/c16-14-6-3-12(9-15(14)17)10-19-8-7-11-1-4-13(5-2-11)22(18,20)21;/h1-6,9,19H,7-8,10H2,(H2,18,20,21);1H. The number of rotatable bonds is 6. The zero-order chi connectivity index (χ0) is 16.2. The Morgan fingerprint density at radius 2 is 1.57 bits per heavy atom. The summed E-state index contributed by atoms with van der Waals surface area (Å²) >= 11 is 11.8. The van der Waals surface area contributed by atoms with Gasteiger partial charge in [0.1, 0.15) is 0 Å². The van der Waals surface area contributed by atoms with E-state index in [2.05, 4.69) is 5.32 Å². The maximum atomic E-state index is 11.2. The van der Waals surface area contributed by atoms with Crippen LogP contribution in [0.5, 0.6) is 0 Å². The van der Waals surface area contributed by atoms with Crippen molar-refractivity contribution in [2.45, 2.75) is 17.9 Å². The second-order valence-corrected chi connectivity index (χ2v) is 7.24. The number of primary sulfonamides is 1. The molecule has 0 amide bonds. The molecule has 4 nitrogen and oxygen atoms in total. The summed E-state index contributed by atoms with van der Waals surface area (Å²) in [7, 11) is -3.63. The van der Waals surface area contributed by atoms with Crippen LogP contribution in [-0.2, 0) is 23.0 Å². The molecule has 3 N–H and O–H groups in total. The smallest absolute Gasteiger partial charge is 0.238 e. The summed E-state index contributed by atoms with van der Waals surface area (Å²) in [5, 5.41) is 9.44. The van der Waals surface area contributed by atoms with Gasteiger partial charge in [-0.05, 0) is 48.4 Å². The Kier molecular flexibility index (Phi) is 7.80. The summed E-state index contributed by atoms with van der Waals surface area (Å²) in [6.07, 6.45) is 0.784. The molecule has 126 valence electrons. The highest BCUT2D eigenvalue weighted by atomic mass is 35.5. The maximum Gasteiger partial charge on any atom is 0.238 e. The molecule has 0 aliphatic carbocycles. The van der Waals surface area contributed by atoms with Crippen LogP contribution >= 0.6 is 35.6 Å². The second kappa shape index (κ2) is 8.87. The van der Waals surface area contributed by atoms with Crippen LogP contribution < -0.4 is 10.5 Å². The summed E-state index contributed by atoms with van der Waals surface area (Å²) in [5.74, 6) is 0. The van der Waals surface area contributed by atoms with Gasteiger partial charge in [-0.1, -0.05) is 41.4 Å². The first-order valence-electron chi connectivity index (χ1n) is 6.62. The van der Waals surface area contributed by atoms with Crippen LogP contribution in [0.15, 0.2) is 47.4 Å². The van der Waals surface area contributed by atoms with Crippen molar-refractivity contribution in [1.29, 1.82) is 0 Å². The number of hydrogen-bond donors (Lipinski definition) is 2. The minimum Gasteiger partial charge on any atom is -0.312 e. The molecule has 0 aliphatic rings. The van der Waals surface area contributed by atoms with E-state index >= 15 is 0 Å². The van der Waals surface area contributed by atoms with Gasteiger partial charge in [-0.25, -0.2) is 13.6 Å². The lowest BCUT2D eigenvalue weighted by molar-refractivity contribution is 0.597. The molecule has 0 radical (unpaired) electrons. The van der Waals surface area contributed by atoms with Crippen LogP contribution in [0.1, 0.15) is 11.1 Å². The Morgan fingerprint density at radius 1 is 0.957 bits per heavy atom. The van der Waals surface area contributed by atoms with E-state index in [0.29, 0.717) is 16.6 Å². The molecule has 0 bridgehead atoms. The van der Waals surface area contributed by atoms with E-state index in [9.17, 15) is 8.42 Å². The molecule has 0 saturated heterocycles. The molecule has 0 unspecified atom stereocenters. The summed E-state index contributed by atoms with van der Waals surface area (Å²) in [4.78, 5) is 0.125. The first kappa shape index (κ1) is 20.2. The minimum atomic E-state index is -3.63. The molecule has 0 heterocycles. The van der Waals surface area contributed by atoms with Crippen molar-refractivity contribution in [3.8, 4) is 0 Å². The molecule has 0 fully saturated rings. The Morgan fingerprint density at radius 3 is 2.13 bits per heavy atom. The number of nitrogens with two attached hydrogens (primary N) is 1. The van der Waals surface area contributed by atoms with Crippen LogP contribution in [0.3, 0.4) is 0 Å². The van der Waals surface area contributed by atoms with Crippen LogP contribution in [0, 0.1) is 0 Å². The molecule has 0 spiro atoms. The van der Waals surface area contributed by atoms with Gasteiger partial charge in [0.15, 0.2) is 0 Å². The van der Waals surface area contributed by atoms with Crippen molar-refractivity contribution < 1.29 is 8.42 Å². The average molecular weight is 396 g/mol. The predicted octanol–water partition coefficient (Wildman–Crippen LogP) is 3.39. The number of hydrogen-bond acceptors (Lipinski definition) is 3. The third-order valence-electron chi connectivity index (χ3n) is 3.16. The molecular weight excluding hydrogens is 379 g/mol. The molecule has 2 aromatic rings. The monoisotopic (exact) mass is 394 g/mol. The third kappa shape index (κ3) is 6.30. The lowest BCUT2D eigenvalue weighted by atomic mass is 10.1. The lowest BCUT2D eigenvalue weighted by Crippen LogP contribution is -2.17. The quantitative estimate of drug-likeness (QED) is 0.736. The Balaban J connectivity index is 0.00000264. The number of nitrogens with one attached hydrogen (secondary N) is 1. The predicted molar refractivity (Wildman–Crippen MR) is 96.9 cm³/mol. The maximum absolute atomic E-state index is 11.2. The molecular formula is C15H17Cl3N2O2S. The van der Waals surface area contributed by atoms with Crippen molar-refractivity contribution >= 4 is 45.6 Å². The molecule has 8 heteroatoms. The van der Waals surface area contributed by atoms with Gasteiger partial charge in [0.2, 0.25) is 10.0 Å². The van der Waals surface area contributed by atoms with Crippen molar-refractivity contribution in [3.63, 3.8) is 0 Å². The SMILES string of the molecule is Cl.NS(=O)(=O)c1ccc(CCNCc2ccc(Cl)c(Cl)c2)cc1. The third-order valence-corrected chi connectivity index (χ3v) is 4.82. The van der Waals surface area contributed by atoms with Gasteiger partial charge in [0.05, 0.1) is 14.9 Å². The van der Waals surface area contributed by atoms with Gasteiger partial charge >= 0.3 is 0 Å². The van der Waals surface area contributed by atoms with Gasteiger partial charge in [0.25, 0.3) is 0 Å². The minimum absolute atomic E-state index is 0. The van der Waals surface area contributed by atoms with Crippen molar-refractivity contribution in [3.05, 3.63) is 63.6 Å². The fourth-order valence-corrected chi connectivity index (χ4v) is 2.80. The average Bonchev–Trinajstić information content (AvgIpc) is 2.47. The largest absolute Gasteiger partial charge is 0.312 e. The van der Waals surface area contributed by atoms with Crippen molar-refractivity contribution in [1.82, 2.24) is 5.32 Å². The van der Waals surface area contributed by atoms with E-state index < -0.39 is 10.0 Å². The first-order valence-corrected chi connectivity index (χ1v) is 8.93. The molecule has 23 heavy (non-hydrogen) atoms. The van der Waals surface area contributed by atoms with E-state index in [1.54, 1.807) is 18.2 Å². The fraction of sp³-hybridized carbons (Fsp3) is 0.200. The Labute approximate surface area is 152 Å². The summed E-state index contributed by atoms with van der Waals surface area (Å²) in [6.45, 7) is 1.45. The van der Waals surface area contributed by atoms with E-state index in [0.717, 1.165) is 24.1 Å². The second-order valence-electron chi connectivity index (χ2n) is 4.86. The molecule has 0 aliphatic heterocycles. The molecule has 2 rings (SSSR count). The highest BCUT2D eigenvalue weighted by Gasteiger charge is 2.06. The van der Waals surface area contributed by atoms with Crippen LogP contribution in [0.4, 0.5) is 0 Å². The lowest BCUT2D eigenvalue weighted by Gasteiger charge is -2.07. The van der Waals surface area contributed by atoms with Gasteiger partial charge in [-0.2, -0.15) is 0 Å².